The van der Waals surface area contributed by atoms with E-state index in [0.717, 1.165) is 20.2 Å². The van der Waals surface area contributed by atoms with Gasteiger partial charge in [-0.25, -0.2) is 4.98 Å². The molecular weight excluding hydrogens is 328 g/mol. The smallest absolute Gasteiger partial charge is 0.309 e. The lowest BCUT2D eigenvalue weighted by molar-refractivity contribution is -0.136. The summed E-state index contributed by atoms with van der Waals surface area (Å²) in [4.78, 5) is 16.0. The summed E-state index contributed by atoms with van der Waals surface area (Å²) in [5.74, 6) is -0.0645. The summed E-state index contributed by atoms with van der Waals surface area (Å²) >= 11 is 4.41. The fraction of sp³-hybridized carbons (Fsp3) is 0.167. The zero-order valence-corrected chi connectivity index (χ0v) is 13.3. The molecule has 0 radical (unpaired) electrons. The molecule has 0 aliphatic carbocycles. The van der Waals surface area contributed by atoms with Gasteiger partial charge in [-0.1, -0.05) is 6.07 Å². The maximum atomic E-state index is 10.7. The number of hydrogen-bond acceptors (Lipinski definition) is 7. The summed E-state index contributed by atoms with van der Waals surface area (Å²) in [6, 6.07) is 3.97. The molecule has 0 saturated heterocycles. The highest BCUT2D eigenvalue weighted by atomic mass is 32.2. The second kappa shape index (κ2) is 5.96. The van der Waals surface area contributed by atoms with Crippen molar-refractivity contribution in [2.45, 2.75) is 15.9 Å². The largest absolute Gasteiger partial charge is 0.481 e. The minimum Gasteiger partial charge on any atom is -0.481 e. The van der Waals surface area contributed by atoms with E-state index < -0.39 is 5.97 Å². The van der Waals surface area contributed by atoms with Crippen LogP contribution in [-0.2, 0) is 18.3 Å². The van der Waals surface area contributed by atoms with Crippen LogP contribution in [0, 0.1) is 0 Å². The molecule has 1 N–H and O–H groups in total. The summed E-state index contributed by atoms with van der Waals surface area (Å²) in [5, 5.41) is 21.6. The van der Waals surface area contributed by atoms with Crippen LogP contribution in [-0.4, -0.2) is 30.8 Å². The maximum Gasteiger partial charge on any atom is 0.309 e. The van der Waals surface area contributed by atoms with Gasteiger partial charge in [0.15, 0.2) is 15.3 Å². The number of hydrogen-bond donors (Lipinski definition) is 1. The number of thiazole rings is 1. The molecule has 3 aromatic heterocycles. The fourth-order valence-electron chi connectivity index (χ4n) is 1.67. The molecule has 0 bridgehead atoms. The van der Waals surface area contributed by atoms with E-state index in [1.54, 1.807) is 16.7 Å². The molecule has 0 unspecified atom stereocenters. The summed E-state index contributed by atoms with van der Waals surface area (Å²) in [5.41, 5.74) is 0.565. The van der Waals surface area contributed by atoms with E-state index in [4.69, 9.17) is 5.11 Å². The van der Waals surface area contributed by atoms with Crippen LogP contribution in [0.3, 0.4) is 0 Å². The monoisotopic (exact) mass is 338 g/mol. The standard InChI is InChI=1S/C12H10N4O2S3/c1-16-10(8-3-2-4-19-8)14-15-11(16)21-12-13-7(6-20-12)5-9(17)18/h2-4,6H,5H2,1H3,(H,17,18). The lowest BCUT2D eigenvalue weighted by Gasteiger charge is -1.99. The SMILES string of the molecule is Cn1c(Sc2nc(CC(=O)O)cs2)nnc1-c1cccs1. The molecule has 9 heteroatoms. The normalized spacial score (nSPS) is 10.9. The van der Waals surface area contributed by atoms with Gasteiger partial charge in [-0.05, 0) is 23.2 Å². The van der Waals surface area contributed by atoms with Crippen LogP contribution < -0.4 is 0 Å². The van der Waals surface area contributed by atoms with Crippen molar-refractivity contribution in [2.75, 3.05) is 0 Å². The lowest BCUT2D eigenvalue weighted by atomic mass is 10.3. The van der Waals surface area contributed by atoms with Gasteiger partial charge in [-0.15, -0.1) is 32.9 Å². The molecule has 21 heavy (non-hydrogen) atoms. The average molecular weight is 338 g/mol. The Morgan fingerprint density at radius 1 is 1.43 bits per heavy atom. The molecule has 3 rings (SSSR count). The Labute approximate surface area is 132 Å². The molecule has 0 amide bonds. The van der Waals surface area contributed by atoms with Crippen molar-refractivity contribution in [3.8, 4) is 10.7 Å². The van der Waals surface area contributed by atoms with Crippen LogP contribution in [0.15, 0.2) is 32.4 Å². The zero-order valence-electron chi connectivity index (χ0n) is 10.9. The van der Waals surface area contributed by atoms with Crippen LogP contribution in [0.4, 0.5) is 0 Å². The molecular formula is C12H10N4O2S3. The summed E-state index contributed by atoms with van der Waals surface area (Å²) in [6.07, 6.45) is -0.0592. The molecule has 0 aliphatic heterocycles. The van der Waals surface area contributed by atoms with Gasteiger partial charge in [0.05, 0.1) is 17.0 Å². The average Bonchev–Trinajstić information content (AvgIpc) is 3.13. The van der Waals surface area contributed by atoms with Gasteiger partial charge < -0.3 is 9.67 Å². The van der Waals surface area contributed by atoms with E-state index in [-0.39, 0.29) is 6.42 Å². The maximum absolute atomic E-state index is 10.7. The van der Waals surface area contributed by atoms with Crippen molar-refractivity contribution in [3.63, 3.8) is 0 Å². The van der Waals surface area contributed by atoms with Crippen molar-refractivity contribution < 1.29 is 9.90 Å². The Morgan fingerprint density at radius 3 is 3.00 bits per heavy atom. The molecule has 3 heterocycles. The number of rotatable bonds is 5. The number of carboxylic acids is 1. The highest BCUT2D eigenvalue weighted by molar-refractivity contribution is 8.00. The summed E-state index contributed by atoms with van der Waals surface area (Å²) in [7, 11) is 1.91. The van der Waals surface area contributed by atoms with Crippen molar-refractivity contribution in [1.29, 1.82) is 0 Å². The Hall–Kier alpha value is -1.71. The topological polar surface area (TPSA) is 80.9 Å². The third-order valence-corrected chi connectivity index (χ3v) is 5.51. The first-order chi connectivity index (χ1) is 10.1. The fourth-order valence-corrected chi connectivity index (χ4v) is 4.15. The minimum absolute atomic E-state index is 0.0592. The predicted molar refractivity (Wildman–Crippen MR) is 81.9 cm³/mol. The molecule has 6 nitrogen and oxygen atoms in total. The second-order valence-corrected chi connectivity index (χ2v) is 7.14. The number of aromatic nitrogens is 4. The van der Waals surface area contributed by atoms with E-state index >= 15 is 0 Å². The van der Waals surface area contributed by atoms with Gasteiger partial charge in [0.25, 0.3) is 0 Å². The third-order valence-electron chi connectivity index (χ3n) is 2.62. The van der Waals surface area contributed by atoms with E-state index in [1.807, 2.05) is 29.1 Å². The first-order valence-electron chi connectivity index (χ1n) is 5.91. The number of thiophene rings is 1. The number of carbonyl (C=O) groups is 1. The third kappa shape index (κ3) is 3.14. The molecule has 0 fully saturated rings. The molecule has 0 aromatic carbocycles. The van der Waals surface area contributed by atoms with Gasteiger partial charge in [0.2, 0.25) is 0 Å². The number of nitrogens with zero attached hydrogens (tertiary/aromatic N) is 4. The van der Waals surface area contributed by atoms with Crippen LogP contribution in [0.1, 0.15) is 5.69 Å². The van der Waals surface area contributed by atoms with Crippen molar-refractivity contribution in [1.82, 2.24) is 19.7 Å². The summed E-state index contributed by atoms with van der Waals surface area (Å²) < 4.78 is 2.67. The van der Waals surface area contributed by atoms with Gasteiger partial charge in [-0.2, -0.15) is 0 Å². The van der Waals surface area contributed by atoms with Gasteiger partial charge in [0, 0.05) is 12.4 Å². The highest BCUT2D eigenvalue weighted by Gasteiger charge is 2.14. The number of aliphatic carboxylic acids is 1. The minimum atomic E-state index is -0.879. The van der Waals surface area contributed by atoms with Crippen LogP contribution in [0.25, 0.3) is 10.7 Å². The van der Waals surface area contributed by atoms with Gasteiger partial charge in [0.1, 0.15) is 0 Å². The van der Waals surface area contributed by atoms with Crippen LogP contribution in [0.2, 0.25) is 0 Å². The Kier molecular flexibility index (Phi) is 4.04. The molecule has 108 valence electrons. The lowest BCUT2D eigenvalue weighted by Crippen LogP contribution is -1.99. The van der Waals surface area contributed by atoms with E-state index in [9.17, 15) is 4.79 Å². The Balaban J connectivity index is 1.79. The van der Waals surface area contributed by atoms with Crippen molar-refractivity contribution >= 4 is 40.4 Å². The van der Waals surface area contributed by atoms with Crippen LogP contribution in [0.5, 0.6) is 0 Å². The molecule has 3 aromatic rings. The van der Waals surface area contributed by atoms with E-state index in [2.05, 4.69) is 15.2 Å². The predicted octanol–water partition coefficient (Wildman–Crippen LogP) is 2.78. The highest BCUT2D eigenvalue weighted by Crippen LogP contribution is 2.32. The first kappa shape index (κ1) is 14.2. The van der Waals surface area contributed by atoms with Crippen molar-refractivity contribution in [2.24, 2.45) is 7.05 Å². The molecule has 0 aliphatic rings. The number of carboxylic acid groups (broad SMARTS) is 1. The van der Waals surface area contributed by atoms with Crippen molar-refractivity contribution in [3.05, 3.63) is 28.6 Å². The molecule has 0 spiro atoms. The molecule has 0 atom stereocenters. The Bertz CT molecular complexity index is 763. The Morgan fingerprint density at radius 2 is 2.29 bits per heavy atom. The second-order valence-electron chi connectivity index (χ2n) is 4.12. The molecule has 0 saturated carbocycles. The zero-order chi connectivity index (χ0) is 14.8. The quantitative estimate of drug-likeness (QED) is 0.770. The van der Waals surface area contributed by atoms with E-state index in [0.29, 0.717) is 5.69 Å². The summed E-state index contributed by atoms with van der Waals surface area (Å²) in [6.45, 7) is 0. The van der Waals surface area contributed by atoms with Crippen LogP contribution >= 0.6 is 34.4 Å². The van der Waals surface area contributed by atoms with Gasteiger partial charge in [-0.3, -0.25) is 4.79 Å². The van der Waals surface area contributed by atoms with E-state index in [1.165, 1.54) is 23.1 Å². The van der Waals surface area contributed by atoms with Gasteiger partial charge >= 0.3 is 5.97 Å². The first-order valence-corrected chi connectivity index (χ1v) is 8.48.